The van der Waals surface area contributed by atoms with Crippen LogP contribution in [0, 0.1) is 6.92 Å². The van der Waals surface area contributed by atoms with Gasteiger partial charge in [-0.1, -0.05) is 28.8 Å². The van der Waals surface area contributed by atoms with Gasteiger partial charge in [-0.2, -0.15) is 0 Å². The van der Waals surface area contributed by atoms with Crippen LogP contribution in [0.1, 0.15) is 31.2 Å². The van der Waals surface area contributed by atoms with E-state index in [1.165, 1.54) is 24.8 Å². The van der Waals surface area contributed by atoms with Crippen molar-refractivity contribution in [2.45, 2.75) is 32.6 Å². The number of nitrogens with one attached hydrogen (secondary N) is 1. The molecule has 1 aromatic rings. The number of aryl methyl sites for hydroxylation is 1. The molecule has 0 saturated heterocycles. The van der Waals surface area contributed by atoms with Crippen LogP contribution in [0.4, 0.5) is 0 Å². The standard InChI is InChI=1S/C14H22BrNO/c1-12-11-13(7-8-14(12)15)17-10-6-4-3-5-9-16-2/h7-8,11,16H,3-6,9-10H2,1-2H3. The molecule has 0 saturated carbocycles. The average Bonchev–Trinajstić information content (AvgIpc) is 2.32. The molecule has 0 fully saturated rings. The first-order valence-electron chi connectivity index (χ1n) is 6.27. The lowest BCUT2D eigenvalue weighted by Gasteiger charge is -2.07. The Bertz CT molecular complexity index is 328. The molecular formula is C14H22BrNO. The van der Waals surface area contributed by atoms with Crippen molar-refractivity contribution in [2.75, 3.05) is 20.2 Å². The minimum atomic E-state index is 0.820. The van der Waals surface area contributed by atoms with Gasteiger partial charge in [0.15, 0.2) is 0 Å². The van der Waals surface area contributed by atoms with E-state index in [1.807, 2.05) is 19.2 Å². The fourth-order valence-electron chi connectivity index (χ4n) is 1.65. The van der Waals surface area contributed by atoms with Crippen molar-refractivity contribution in [1.82, 2.24) is 5.32 Å². The highest BCUT2D eigenvalue weighted by atomic mass is 79.9. The first-order chi connectivity index (χ1) is 8.24. The summed E-state index contributed by atoms with van der Waals surface area (Å²) in [5, 5.41) is 3.16. The molecule has 0 aliphatic heterocycles. The van der Waals surface area contributed by atoms with Crippen molar-refractivity contribution in [3.63, 3.8) is 0 Å². The third kappa shape index (κ3) is 6.08. The molecule has 0 amide bonds. The third-order valence-electron chi connectivity index (χ3n) is 2.72. The van der Waals surface area contributed by atoms with Gasteiger partial charge in [0.05, 0.1) is 6.61 Å². The van der Waals surface area contributed by atoms with Crippen molar-refractivity contribution in [2.24, 2.45) is 0 Å². The SMILES string of the molecule is CNCCCCCCOc1ccc(Br)c(C)c1. The lowest BCUT2D eigenvalue weighted by molar-refractivity contribution is 0.304. The fraction of sp³-hybridized carbons (Fsp3) is 0.571. The van der Waals surface area contributed by atoms with Gasteiger partial charge < -0.3 is 10.1 Å². The number of ether oxygens (including phenoxy) is 1. The van der Waals surface area contributed by atoms with Gasteiger partial charge in [-0.15, -0.1) is 0 Å². The van der Waals surface area contributed by atoms with E-state index >= 15 is 0 Å². The Hall–Kier alpha value is -0.540. The molecule has 0 bridgehead atoms. The van der Waals surface area contributed by atoms with Crippen LogP contribution >= 0.6 is 15.9 Å². The Kier molecular flexibility index (Phi) is 7.29. The first kappa shape index (κ1) is 14.5. The van der Waals surface area contributed by atoms with E-state index in [-0.39, 0.29) is 0 Å². The summed E-state index contributed by atoms with van der Waals surface area (Å²) in [7, 11) is 2.00. The molecule has 0 spiro atoms. The van der Waals surface area contributed by atoms with Crippen LogP contribution in [0.2, 0.25) is 0 Å². The highest BCUT2D eigenvalue weighted by Gasteiger charge is 1.98. The molecule has 0 aliphatic rings. The predicted octanol–water partition coefficient (Wildman–Crippen LogP) is 3.92. The van der Waals surface area contributed by atoms with Crippen molar-refractivity contribution in [3.8, 4) is 5.75 Å². The highest BCUT2D eigenvalue weighted by Crippen LogP contribution is 2.21. The zero-order chi connectivity index (χ0) is 12.5. The molecule has 0 aliphatic carbocycles. The molecule has 1 aromatic carbocycles. The minimum absolute atomic E-state index is 0.820. The molecule has 2 nitrogen and oxygen atoms in total. The quantitative estimate of drug-likeness (QED) is 0.735. The summed E-state index contributed by atoms with van der Waals surface area (Å²) in [6, 6.07) is 6.13. The van der Waals surface area contributed by atoms with Crippen molar-refractivity contribution in [3.05, 3.63) is 28.2 Å². The van der Waals surface area contributed by atoms with E-state index in [4.69, 9.17) is 4.74 Å². The molecule has 1 N–H and O–H groups in total. The molecule has 96 valence electrons. The van der Waals surface area contributed by atoms with E-state index in [0.29, 0.717) is 0 Å². The summed E-state index contributed by atoms with van der Waals surface area (Å²) in [6.45, 7) is 4.02. The Labute approximate surface area is 113 Å². The van der Waals surface area contributed by atoms with E-state index in [0.717, 1.165) is 29.8 Å². The number of hydrogen-bond donors (Lipinski definition) is 1. The summed E-state index contributed by atoms with van der Waals surface area (Å²) in [4.78, 5) is 0. The second kappa shape index (κ2) is 8.54. The van der Waals surface area contributed by atoms with Gasteiger partial charge in [-0.05, 0) is 57.1 Å². The second-order valence-electron chi connectivity index (χ2n) is 4.28. The van der Waals surface area contributed by atoms with Crippen molar-refractivity contribution < 1.29 is 4.74 Å². The van der Waals surface area contributed by atoms with Gasteiger partial charge in [0.25, 0.3) is 0 Å². The average molecular weight is 300 g/mol. The minimum Gasteiger partial charge on any atom is -0.494 e. The van der Waals surface area contributed by atoms with Crippen LogP contribution in [0.3, 0.4) is 0 Å². The van der Waals surface area contributed by atoms with Gasteiger partial charge in [-0.3, -0.25) is 0 Å². The number of rotatable bonds is 8. The molecular weight excluding hydrogens is 278 g/mol. The highest BCUT2D eigenvalue weighted by molar-refractivity contribution is 9.10. The van der Waals surface area contributed by atoms with E-state index in [1.54, 1.807) is 0 Å². The van der Waals surface area contributed by atoms with E-state index < -0.39 is 0 Å². The van der Waals surface area contributed by atoms with Crippen LogP contribution in [-0.4, -0.2) is 20.2 Å². The number of halogens is 1. The van der Waals surface area contributed by atoms with Crippen LogP contribution < -0.4 is 10.1 Å². The maximum atomic E-state index is 5.71. The zero-order valence-corrected chi connectivity index (χ0v) is 12.3. The molecule has 0 heterocycles. The van der Waals surface area contributed by atoms with Crippen LogP contribution in [-0.2, 0) is 0 Å². The molecule has 0 aromatic heterocycles. The van der Waals surface area contributed by atoms with Crippen LogP contribution in [0.25, 0.3) is 0 Å². The predicted molar refractivity (Wildman–Crippen MR) is 76.8 cm³/mol. The second-order valence-corrected chi connectivity index (χ2v) is 5.13. The van der Waals surface area contributed by atoms with Gasteiger partial charge in [0.1, 0.15) is 5.75 Å². The smallest absolute Gasteiger partial charge is 0.119 e. The van der Waals surface area contributed by atoms with E-state index in [9.17, 15) is 0 Å². The number of benzene rings is 1. The van der Waals surface area contributed by atoms with Gasteiger partial charge in [0.2, 0.25) is 0 Å². The lowest BCUT2D eigenvalue weighted by atomic mass is 10.2. The van der Waals surface area contributed by atoms with Gasteiger partial charge in [-0.25, -0.2) is 0 Å². The maximum Gasteiger partial charge on any atom is 0.119 e. The lowest BCUT2D eigenvalue weighted by Crippen LogP contribution is -2.07. The Balaban J connectivity index is 2.11. The van der Waals surface area contributed by atoms with Crippen molar-refractivity contribution >= 4 is 15.9 Å². The zero-order valence-electron chi connectivity index (χ0n) is 10.8. The van der Waals surface area contributed by atoms with Crippen LogP contribution in [0.5, 0.6) is 5.75 Å². The Morgan fingerprint density at radius 2 is 1.94 bits per heavy atom. The molecule has 17 heavy (non-hydrogen) atoms. The Morgan fingerprint density at radius 3 is 2.65 bits per heavy atom. The summed E-state index contributed by atoms with van der Waals surface area (Å²) >= 11 is 3.48. The van der Waals surface area contributed by atoms with Gasteiger partial charge in [0, 0.05) is 4.47 Å². The largest absolute Gasteiger partial charge is 0.494 e. The van der Waals surface area contributed by atoms with Gasteiger partial charge >= 0.3 is 0 Å². The number of unbranched alkanes of at least 4 members (excludes halogenated alkanes) is 3. The first-order valence-corrected chi connectivity index (χ1v) is 7.07. The van der Waals surface area contributed by atoms with Crippen LogP contribution in [0.15, 0.2) is 22.7 Å². The third-order valence-corrected chi connectivity index (χ3v) is 3.61. The summed E-state index contributed by atoms with van der Waals surface area (Å²) in [5.74, 6) is 0.973. The molecule has 0 atom stereocenters. The molecule has 1 rings (SSSR count). The topological polar surface area (TPSA) is 21.3 Å². The maximum absolute atomic E-state index is 5.71. The monoisotopic (exact) mass is 299 g/mol. The Morgan fingerprint density at radius 1 is 1.18 bits per heavy atom. The van der Waals surface area contributed by atoms with E-state index in [2.05, 4.69) is 34.2 Å². The molecule has 0 unspecified atom stereocenters. The molecule has 0 radical (unpaired) electrons. The molecule has 3 heteroatoms. The fourth-order valence-corrected chi connectivity index (χ4v) is 1.90. The van der Waals surface area contributed by atoms with Crippen molar-refractivity contribution in [1.29, 1.82) is 0 Å². The summed E-state index contributed by atoms with van der Waals surface area (Å²) in [5.41, 5.74) is 1.22. The number of hydrogen-bond acceptors (Lipinski definition) is 2. The summed E-state index contributed by atoms with van der Waals surface area (Å²) < 4.78 is 6.85. The normalized spacial score (nSPS) is 10.5. The summed E-state index contributed by atoms with van der Waals surface area (Å²) in [6.07, 6.45) is 4.92.